The quantitative estimate of drug-likeness (QED) is 0.497. The molecule has 0 fully saturated rings. The van der Waals surface area contributed by atoms with Gasteiger partial charge in [0, 0.05) is 13.1 Å². The SMILES string of the molecule is CN(C)CCCN(C#N)CC(C)(C)C. The number of nitrogens with zero attached hydrogens (tertiary/aromatic N) is 3. The molecule has 82 valence electrons. The standard InChI is InChI=1S/C11H23N3/c1-11(2,3)9-14(10-12)8-6-7-13(4)5/h6-9H2,1-5H3. The Kier molecular flexibility index (Phi) is 5.56. The lowest BCUT2D eigenvalue weighted by Crippen LogP contribution is -2.31. The predicted molar refractivity (Wildman–Crippen MR) is 59.8 cm³/mol. The molecule has 0 heterocycles. The zero-order chi connectivity index (χ0) is 11.2. The smallest absolute Gasteiger partial charge is 0.179 e. The Bertz CT molecular complexity index is 186. The molecule has 0 saturated heterocycles. The first-order valence-electron chi connectivity index (χ1n) is 5.14. The van der Waals surface area contributed by atoms with E-state index in [0.29, 0.717) is 0 Å². The van der Waals surface area contributed by atoms with Crippen molar-refractivity contribution in [1.29, 1.82) is 5.26 Å². The van der Waals surface area contributed by atoms with Gasteiger partial charge in [-0.2, -0.15) is 5.26 Å². The fraction of sp³-hybridized carbons (Fsp3) is 0.909. The first-order chi connectivity index (χ1) is 6.35. The molecule has 0 aromatic heterocycles. The minimum Gasteiger partial charge on any atom is -0.310 e. The summed E-state index contributed by atoms with van der Waals surface area (Å²) >= 11 is 0. The Labute approximate surface area is 88.3 Å². The van der Waals surface area contributed by atoms with E-state index in [4.69, 9.17) is 5.26 Å². The van der Waals surface area contributed by atoms with Crippen LogP contribution in [0.25, 0.3) is 0 Å². The molecule has 0 rings (SSSR count). The number of hydrogen-bond donors (Lipinski definition) is 0. The van der Waals surface area contributed by atoms with Gasteiger partial charge >= 0.3 is 0 Å². The minimum absolute atomic E-state index is 0.202. The van der Waals surface area contributed by atoms with E-state index in [0.717, 1.165) is 26.1 Å². The van der Waals surface area contributed by atoms with Crippen LogP contribution in [0.5, 0.6) is 0 Å². The topological polar surface area (TPSA) is 30.3 Å². The van der Waals surface area contributed by atoms with Crippen LogP contribution < -0.4 is 0 Å². The van der Waals surface area contributed by atoms with Crippen molar-refractivity contribution in [3.63, 3.8) is 0 Å². The van der Waals surface area contributed by atoms with Gasteiger partial charge in [-0.25, -0.2) is 0 Å². The largest absolute Gasteiger partial charge is 0.310 e. The fourth-order valence-electron chi connectivity index (χ4n) is 1.31. The molecule has 0 aliphatic carbocycles. The zero-order valence-corrected chi connectivity index (χ0v) is 10.2. The van der Waals surface area contributed by atoms with Crippen LogP contribution in [0.2, 0.25) is 0 Å². The normalized spacial score (nSPS) is 11.5. The summed E-state index contributed by atoms with van der Waals surface area (Å²) in [5.74, 6) is 0. The highest BCUT2D eigenvalue weighted by Gasteiger charge is 2.14. The maximum Gasteiger partial charge on any atom is 0.179 e. The van der Waals surface area contributed by atoms with Crippen molar-refractivity contribution >= 4 is 0 Å². The molecular weight excluding hydrogens is 174 g/mol. The van der Waals surface area contributed by atoms with E-state index in [1.165, 1.54) is 0 Å². The van der Waals surface area contributed by atoms with Gasteiger partial charge < -0.3 is 9.80 Å². The molecule has 0 spiro atoms. The van der Waals surface area contributed by atoms with E-state index >= 15 is 0 Å². The maximum absolute atomic E-state index is 8.92. The van der Waals surface area contributed by atoms with Gasteiger partial charge in [0.25, 0.3) is 0 Å². The van der Waals surface area contributed by atoms with E-state index < -0.39 is 0 Å². The van der Waals surface area contributed by atoms with Crippen LogP contribution in [-0.2, 0) is 0 Å². The number of nitriles is 1. The summed E-state index contributed by atoms with van der Waals surface area (Å²) in [6.45, 7) is 9.22. The zero-order valence-electron chi connectivity index (χ0n) is 10.2. The third-order valence-corrected chi connectivity index (χ3v) is 1.84. The molecule has 0 radical (unpaired) electrons. The van der Waals surface area contributed by atoms with Crippen molar-refractivity contribution < 1.29 is 0 Å². The lowest BCUT2D eigenvalue weighted by Gasteiger charge is -2.25. The van der Waals surface area contributed by atoms with Gasteiger partial charge in [-0.05, 0) is 32.5 Å². The van der Waals surface area contributed by atoms with Crippen LogP contribution in [0.4, 0.5) is 0 Å². The van der Waals surface area contributed by atoms with Gasteiger partial charge in [0.05, 0.1) is 0 Å². The van der Waals surface area contributed by atoms with Crippen molar-refractivity contribution in [3.05, 3.63) is 0 Å². The van der Waals surface area contributed by atoms with Crippen LogP contribution in [0.15, 0.2) is 0 Å². The average molecular weight is 197 g/mol. The Morgan fingerprint density at radius 2 is 1.71 bits per heavy atom. The molecule has 0 aliphatic heterocycles. The summed E-state index contributed by atoms with van der Waals surface area (Å²) in [6, 6.07) is 0. The van der Waals surface area contributed by atoms with Crippen LogP contribution in [0.1, 0.15) is 27.2 Å². The van der Waals surface area contributed by atoms with Gasteiger partial charge in [-0.15, -0.1) is 0 Å². The highest BCUT2D eigenvalue weighted by molar-refractivity contribution is 4.79. The van der Waals surface area contributed by atoms with Crippen LogP contribution in [-0.4, -0.2) is 43.5 Å². The van der Waals surface area contributed by atoms with Crippen LogP contribution in [0.3, 0.4) is 0 Å². The Balaban J connectivity index is 3.77. The number of rotatable bonds is 5. The second-order valence-electron chi connectivity index (χ2n) is 5.24. The van der Waals surface area contributed by atoms with Crippen molar-refractivity contribution in [1.82, 2.24) is 9.80 Å². The van der Waals surface area contributed by atoms with Gasteiger partial charge in [-0.3, -0.25) is 0 Å². The van der Waals surface area contributed by atoms with E-state index in [2.05, 4.69) is 46.0 Å². The molecule has 0 atom stereocenters. The lowest BCUT2D eigenvalue weighted by atomic mass is 9.96. The van der Waals surface area contributed by atoms with Gasteiger partial charge in [-0.1, -0.05) is 20.8 Å². The summed E-state index contributed by atoms with van der Waals surface area (Å²) < 4.78 is 0. The Morgan fingerprint density at radius 3 is 2.07 bits per heavy atom. The summed E-state index contributed by atoms with van der Waals surface area (Å²) in [7, 11) is 4.11. The molecule has 3 nitrogen and oxygen atoms in total. The van der Waals surface area contributed by atoms with E-state index in [1.54, 1.807) is 0 Å². The minimum atomic E-state index is 0.202. The maximum atomic E-state index is 8.92. The predicted octanol–water partition coefficient (Wildman–Crippen LogP) is 1.77. The summed E-state index contributed by atoms with van der Waals surface area (Å²) in [5, 5.41) is 8.92. The molecule has 14 heavy (non-hydrogen) atoms. The molecule has 0 unspecified atom stereocenters. The molecule has 0 amide bonds. The van der Waals surface area contributed by atoms with Crippen molar-refractivity contribution in [2.75, 3.05) is 33.7 Å². The van der Waals surface area contributed by atoms with Crippen molar-refractivity contribution in [2.24, 2.45) is 5.41 Å². The first kappa shape index (κ1) is 13.2. The molecule has 0 aliphatic rings. The lowest BCUT2D eigenvalue weighted by molar-refractivity contribution is 0.249. The van der Waals surface area contributed by atoms with E-state index in [1.807, 2.05) is 4.90 Å². The molecule has 3 heteroatoms. The summed E-state index contributed by atoms with van der Waals surface area (Å²) in [6.07, 6.45) is 3.30. The third-order valence-electron chi connectivity index (χ3n) is 1.84. The van der Waals surface area contributed by atoms with Gasteiger partial charge in [0.15, 0.2) is 6.19 Å². The van der Waals surface area contributed by atoms with Gasteiger partial charge in [0.2, 0.25) is 0 Å². The fourth-order valence-corrected chi connectivity index (χ4v) is 1.31. The monoisotopic (exact) mass is 197 g/mol. The van der Waals surface area contributed by atoms with Crippen molar-refractivity contribution in [2.45, 2.75) is 27.2 Å². The summed E-state index contributed by atoms with van der Waals surface area (Å²) in [4.78, 5) is 4.00. The molecule has 0 aromatic rings. The number of hydrogen-bond acceptors (Lipinski definition) is 3. The van der Waals surface area contributed by atoms with Crippen LogP contribution in [0, 0.1) is 16.9 Å². The first-order valence-corrected chi connectivity index (χ1v) is 5.14. The second kappa shape index (κ2) is 5.87. The molecule has 0 N–H and O–H groups in total. The summed E-state index contributed by atoms with van der Waals surface area (Å²) in [5.41, 5.74) is 0.202. The molecule has 0 bridgehead atoms. The average Bonchev–Trinajstić information content (AvgIpc) is 1.99. The third kappa shape index (κ3) is 7.88. The van der Waals surface area contributed by atoms with Gasteiger partial charge in [0.1, 0.15) is 0 Å². The van der Waals surface area contributed by atoms with Crippen LogP contribution >= 0.6 is 0 Å². The highest BCUT2D eigenvalue weighted by atomic mass is 15.1. The van der Waals surface area contributed by atoms with E-state index in [-0.39, 0.29) is 5.41 Å². The molecule has 0 aromatic carbocycles. The molecular formula is C11H23N3. The highest BCUT2D eigenvalue weighted by Crippen LogP contribution is 2.14. The Morgan fingerprint density at radius 1 is 1.14 bits per heavy atom. The molecule has 0 saturated carbocycles. The van der Waals surface area contributed by atoms with E-state index in [9.17, 15) is 0 Å². The second-order valence-corrected chi connectivity index (χ2v) is 5.24. The van der Waals surface area contributed by atoms with Crippen molar-refractivity contribution in [3.8, 4) is 6.19 Å². The Hall–Kier alpha value is -0.750.